The molecule has 0 spiro atoms. The van der Waals surface area contributed by atoms with Crippen LogP contribution in [0.1, 0.15) is 38.5 Å². The van der Waals surface area contributed by atoms with Crippen LogP contribution in [0.4, 0.5) is 0 Å². The van der Waals surface area contributed by atoms with Gasteiger partial charge in [0.05, 0.1) is 0 Å². The minimum Gasteiger partial charge on any atom is -0.306 e. The van der Waals surface area contributed by atoms with Crippen molar-refractivity contribution in [3.05, 3.63) is 0 Å². The molecule has 1 aliphatic carbocycles. The summed E-state index contributed by atoms with van der Waals surface area (Å²) in [4.78, 5) is 5.08. The van der Waals surface area contributed by atoms with Crippen LogP contribution in [-0.2, 0) is 0 Å². The Kier molecular flexibility index (Phi) is 5.52. The minimum atomic E-state index is 0.584. The maximum atomic E-state index is 3.76. The Morgan fingerprint density at radius 3 is 2.39 bits per heavy atom. The first-order valence-corrected chi connectivity index (χ1v) is 8.69. The van der Waals surface area contributed by atoms with Gasteiger partial charge in [-0.1, -0.05) is 28.8 Å². The molecule has 0 unspecified atom stereocenters. The fourth-order valence-electron chi connectivity index (χ4n) is 3.78. The standard InChI is InChI=1S/C15H29BrN2/c1-17-9-5-14(6-10-17)11-18(2)13-15(12-16)7-3-4-8-15/h14H,3-13H2,1-2H3. The van der Waals surface area contributed by atoms with Crippen molar-refractivity contribution in [2.45, 2.75) is 38.5 Å². The number of hydrogen-bond acceptors (Lipinski definition) is 2. The zero-order valence-electron chi connectivity index (χ0n) is 12.1. The van der Waals surface area contributed by atoms with E-state index < -0.39 is 0 Å². The van der Waals surface area contributed by atoms with Crippen molar-refractivity contribution in [2.24, 2.45) is 11.3 Å². The van der Waals surface area contributed by atoms with E-state index in [2.05, 4.69) is 39.8 Å². The van der Waals surface area contributed by atoms with Crippen LogP contribution in [0.2, 0.25) is 0 Å². The molecule has 2 nitrogen and oxygen atoms in total. The molecule has 0 N–H and O–H groups in total. The average molecular weight is 317 g/mol. The Bertz CT molecular complexity index is 243. The zero-order chi connectivity index (χ0) is 13.0. The molecule has 0 aromatic rings. The van der Waals surface area contributed by atoms with Crippen molar-refractivity contribution in [3.63, 3.8) is 0 Å². The SMILES string of the molecule is CN1CCC(CN(C)CC2(CBr)CCCC2)CC1. The first kappa shape index (κ1) is 14.8. The topological polar surface area (TPSA) is 6.48 Å². The van der Waals surface area contributed by atoms with Crippen molar-refractivity contribution in [1.29, 1.82) is 0 Å². The lowest BCUT2D eigenvalue weighted by molar-refractivity contribution is 0.142. The fraction of sp³-hybridized carbons (Fsp3) is 1.00. The van der Waals surface area contributed by atoms with Gasteiger partial charge in [-0.05, 0) is 64.2 Å². The Morgan fingerprint density at radius 2 is 1.83 bits per heavy atom. The van der Waals surface area contributed by atoms with Crippen molar-refractivity contribution in [1.82, 2.24) is 9.80 Å². The highest BCUT2D eigenvalue weighted by molar-refractivity contribution is 9.09. The molecule has 0 aromatic carbocycles. The predicted molar refractivity (Wildman–Crippen MR) is 82.4 cm³/mol. The van der Waals surface area contributed by atoms with Gasteiger partial charge in [-0.2, -0.15) is 0 Å². The predicted octanol–water partition coefficient (Wildman–Crippen LogP) is 3.22. The number of hydrogen-bond donors (Lipinski definition) is 0. The van der Waals surface area contributed by atoms with Gasteiger partial charge in [-0.25, -0.2) is 0 Å². The molecule has 3 heteroatoms. The van der Waals surface area contributed by atoms with Crippen LogP contribution in [0.3, 0.4) is 0 Å². The Balaban J connectivity index is 1.75. The molecule has 0 amide bonds. The molecular formula is C15H29BrN2. The minimum absolute atomic E-state index is 0.584. The van der Waals surface area contributed by atoms with E-state index in [4.69, 9.17) is 0 Å². The van der Waals surface area contributed by atoms with Gasteiger partial charge in [0.15, 0.2) is 0 Å². The molecule has 1 saturated carbocycles. The van der Waals surface area contributed by atoms with E-state index in [9.17, 15) is 0 Å². The van der Waals surface area contributed by atoms with Gasteiger partial charge in [0.2, 0.25) is 0 Å². The van der Waals surface area contributed by atoms with E-state index in [0.29, 0.717) is 5.41 Å². The summed E-state index contributed by atoms with van der Waals surface area (Å²) >= 11 is 3.76. The largest absolute Gasteiger partial charge is 0.306 e. The lowest BCUT2D eigenvalue weighted by atomic mass is 9.87. The second-order valence-electron chi connectivity index (χ2n) is 6.78. The van der Waals surface area contributed by atoms with Crippen molar-refractivity contribution in [3.8, 4) is 0 Å². The first-order valence-electron chi connectivity index (χ1n) is 7.57. The Labute approximate surface area is 121 Å². The third kappa shape index (κ3) is 3.94. The molecule has 2 aliphatic rings. The summed E-state index contributed by atoms with van der Waals surface area (Å²) in [6, 6.07) is 0. The van der Waals surface area contributed by atoms with Crippen molar-refractivity contribution in [2.75, 3.05) is 45.6 Å². The highest BCUT2D eigenvalue weighted by Gasteiger charge is 2.34. The number of rotatable bonds is 5. The maximum absolute atomic E-state index is 3.76. The van der Waals surface area contributed by atoms with Gasteiger partial charge in [-0.15, -0.1) is 0 Å². The number of piperidine rings is 1. The second-order valence-corrected chi connectivity index (χ2v) is 7.34. The molecule has 0 radical (unpaired) electrons. The normalized spacial score (nSPS) is 26.0. The molecule has 2 rings (SSSR count). The monoisotopic (exact) mass is 316 g/mol. The molecule has 0 bridgehead atoms. The van der Waals surface area contributed by atoms with E-state index in [1.807, 2.05) is 0 Å². The summed E-state index contributed by atoms with van der Waals surface area (Å²) in [5.74, 6) is 0.931. The lowest BCUT2D eigenvalue weighted by Crippen LogP contribution is -2.40. The van der Waals surface area contributed by atoms with Crippen LogP contribution >= 0.6 is 15.9 Å². The van der Waals surface area contributed by atoms with Gasteiger partial charge >= 0.3 is 0 Å². The van der Waals surface area contributed by atoms with Crippen LogP contribution < -0.4 is 0 Å². The molecule has 0 aromatic heterocycles. The van der Waals surface area contributed by atoms with Gasteiger partial charge in [0.25, 0.3) is 0 Å². The van der Waals surface area contributed by atoms with Crippen LogP contribution in [0.25, 0.3) is 0 Å². The lowest BCUT2D eigenvalue weighted by Gasteiger charge is -2.36. The summed E-state index contributed by atoms with van der Waals surface area (Å²) in [5.41, 5.74) is 0.584. The van der Waals surface area contributed by atoms with E-state index in [0.717, 1.165) is 5.92 Å². The molecule has 18 heavy (non-hydrogen) atoms. The van der Waals surface area contributed by atoms with Crippen LogP contribution in [0.5, 0.6) is 0 Å². The number of halogens is 1. The van der Waals surface area contributed by atoms with Gasteiger partial charge in [0, 0.05) is 18.4 Å². The van der Waals surface area contributed by atoms with Crippen molar-refractivity contribution < 1.29 is 0 Å². The molecule has 0 atom stereocenters. The summed E-state index contributed by atoms with van der Waals surface area (Å²) in [7, 11) is 4.58. The third-order valence-corrected chi connectivity index (χ3v) is 6.15. The maximum Gasteiger partial charge on any atom is 0.0100 e. The van der Waals surface area contributed by atoms with Crippen molar-refractivity contribution >= 4 is 15.9 Å². The summed E-state index contributed by atoms with van der Waals surface area (Å²) in [5, 5.41) is 1.19. The molecule has 2 fully saturated rings. The van der Waals surface area contributed by atoms with Gasteiger partial charge in [-0.3, -0.25) is 0 Å². The zero-order valence-corrected chi connectivity index (χ0v) is 13.7. The van der Waals surface area contributed by atoms with E-state index in [1.54, 1.807) is 0 Å². The van der Waals surface area contributed by atoms with Crippen LogP contribution in [0.15, 0.2) is 0 Å². The number of alkyl halides is 1. The second kappa shape index (κ2) is 6.71. The summed E-state index contributed by atoms with van der Waals surface area (Å²) in [6.45, 7) is 5.19. The summed E-state index contributed by atoms with van der Waals surface area (Å²) in [6.07, 6.45) is 8.51. The number of likely N-dealkylation sites (tertiary alicyclic amines) is 1. The Morgan fingerprint density at radius 1 is 1.22 bits per heavy atom. The average Bonchev–Trinajstić information content (AvgIpc) is 2.81. The van der Waals surface area contributed by atoms with Crippen LogP contribution in [-0.4, -0.2) is 55.4 Å². The van der Waals surface area contributed by atoms with E-state index in [1.165, 1.54) is 70.0 Å². The Hall–Kier alpha value is 0.400. The summed E-state index contributed by atoms with van der Waals surface area (Å²) < 4.78 is 0. The number of nitrogens with zero attached hydrogens (tertiary/aromatic N) is 2. The van der Waals surface area contributed by atoms with Crippen LogP contribution in [0, 0.1) is 11.3 Å². The molecule has 1 aliphatic heterocycles. The van der Waals surface area contributed by atoms with Gasteiger partial charge < -0.3 is 9.80 Å². The third-order valence-electron chi connectivity index (χ3n) is 4.96. The molecule has 106 valence electrons. The highest BCUT2D eigenvalue weighted by atomic mass is 79.9. The highest BCUT2D eigenvalue weighted by Crippen LogP contribution is 2.40. The smallest absolute Gasteiger partial charge is 0.0100 e. The van der Waals surface area contributed by atoms with E-state index >= 15 is 0 Å². The molecule has 1 saturated heterocycles. The van der Waals surface area contributed by atoms with Gasteiger partial charge in [0.1, 0.15) is 0 Å². The molecular weight excluding hydrogens is 288 g/mol. The fourth-order valence-corrected chi connectivity index (χ4v) is 4.52. The molecule has 1 heterocycles. The first-order chi connectivity index (χ1) is 8.63. The van der Waals surface area contributed by atoms with E-state index in [-0.39, 0.29) is 0 Å². The quantitative estimate of drug-likeness (QED) is 0.719.